The molecular weight excluding hydrogens is 226 g/mol. The summed E-state index contributed by atoms with van der Waals surface area (Å²) in [6.45, 7) is 5.25. The zero-order valence-electron chi connectivity index (χ0n) is 12.3. The Morgan fingerprint density at radius 3 is 2.72 bits per heavy atom. The van der Waals surface area contributed by atoms with Crippen molar-refractivity contribution in [3.8, 4) is 0 Å². The van der Waals surface area contributed by atoms with E-state index in [4.69, 9.17) is 5.73 Å². The monoisotopic (exact) mass is 255 g/mol. The van der Waals surface area contributed by atoms with Crippen molar-refractivity contribution in [1.82, 2.24) is 10.2 Å². The van der Waals surface area contributed by atoms with Crippen molar-refractivity contribution < 1.29 is 4.79 Å². The molecule has 4 atom stereocenters. The maximum atomic E-state index is 12.2. The second kappa shape index (κ2) is 7.10. The Bertz CT molecular complexity index is 268. The van der Waals surface area contributed by atoms with Crippen molar-refractivity contribution in [2.75, 3.05) is 20.6 Å². The number of hydrogen-bond acceptors (Lipinski definition) is 3. The first-order chi connectivity index (χ1) is 8.40. The van der Waals surface area contributed by atoms with Crippen LogP contribution in [-0.4, -0.2) is 43.5 Å². The average molecular weight is 255 g/mol. The van der Waals surface area contributed by atoms with Gasteiger partial charge in [0.1, 0.15) is 0 Å². The first-order valence-electron chi connectivity index (χ1n) is 7.10. The maximum absolute atomic E-state index is 12.2. The molecule has 4 unspecified atom stereocenters. The van der Waals surface area contributed by atoms with Crippen LogP contribution >= 0.6 is 0 Å². The second-order valence-electron chi connectivity index (χ2n) is 6.16. The number of nitrogens with one attached hydrogen (secondary N) is 1. The van der Waals surface area contributed by atoms with Crippen molar-refractivity contribution in [1.29, 1.82) is 0 Å². The summed E-state index contributed by atoms with van der Waals surface area (Å²) < 4.78 is 0. The van der Waals surface area contributed by atoms with Gasteiger partial charge in [-0.25, -0.2) is 0 Å². The number of nitrogens with two attached hydrogens (primary N) is 1. The van der Waals surface area contributed by atoms with Crippen LogP contribution in [0.2, 0.25) is 0 Å². The smallest absolute Gasteiger partial charge is 0.223 e. The summed E-state index contributed by atoms with van der Waals surface area (Å²) in [5, 5.41) is 3.13. The fraction of sp³-hybridized carbons (Fsp3) is 0.929. The van der Waals surface area contributed by atoms with Gasteiger partial charge in [-0.15, -0.1) is 0 Å². The molecule has 0 radical (unpaired) electrons. The first-order valence-corrected chi connectivity index (χ1v) is 7.10. The molecule has 18 heavy (non-hydrogen) atoms. The standard InChI is InChI=1S/C14H29N3O/c1-10-5-6-12(15)9-13(10)14(18)16-11(2)7-8-17(3)4/h10-13H,5-9,15H2,1-4H3,(H,16,18). The Morgan fingerprint density at radius 2 is 2.11 bits per heavy atom. The summed E-state index contributed by atoms with van der Waals surface area (Å²) >= 11 is 0. The van der Waals surface area contributed by atoms with Crippen LogP contribution in [0.5, 0.6) is 0 Å². The number of hydrogen-bond donors (Lipinski definition) is 2. The van der Waals surface area contributed by atoms with Gasteiger partial charge in [0.2, 0.25) is 5.91 Å². The van der Waals surface area contributed by atoms with E-state index in [1.54, 1.807) is 0 Å². The van der Waals surface area contributed by atoms with Gasteiger partial charge < -0.3 is 16.0 Å². The fourth-order valence-electron chi connectivity index (χ4n) is 2.59. The lowest BCUT2D eigenvalue weighted by molar-refractivity contribution is -0.128. The predicted octanol–water partition coefficient (Wildman–Crippen LogP) is 1.21. The van der Waals surface area contributed by atoms with Gasteiger partial charge in [-0.3, -0.25) is 4.79 Å². The lowest BCUT2D eigenvalue weighted by atomic mass is 9.77. The second-order valence-corrected chi connectivity index (χ2v) is 6.16. The topological polar surface area (TPSA) is 58.4 Å². The molecule has 4 nitrogen and oxygen atoms in total. The van der Waals surface area contributed by atoms with Gasteiger partial charge in [0.15, 0.2) is 0 Å². The molecule has 1 fully saturated rings. The van der Waals surface area contributed by atoms with Crippen molar-refractivity contribution >= 4 is 5.91 Å². The molecule has 1 aliphatic rings. The minimum Gasteiger partial charge on any atom is -0.353 e. The van der Waals surface area contributed by atoms with Crippen LogP contribution in [0, 0.1) is 11.8 Å². The van der Waals surface area contributed by atoms with Crippen molar-refractivity contribution in [2.45, 2.75) is 51.6 Å². The van der Waals surface area contributed by atoms with Gasteiger partial charge in [-0.05, 0) is 59.2 Å². The average Bonchev–Trinajstić information content (AvgIpc) is 2.29. The van der Waals surface area contributed by atoms with Crippen LogP contribution in [0.15, 0.2) is 0 Å². The highest BCUT2D eigenvalue weighted by atomic mass is 16.1. The lowest BCUT2D eigenvalue weighted by Gasteiger charge is -2.32. The van der Waals surface area contributed by atoms with Gasteiger partial charge in [0.25, 0.3) is 0 Å². The zero-order chi connectivity index (χ0) is 13.7. The third-order valence-electron chi connectivity index (χ3n) is 3.97. The van der Waals surface area contributed by atoms with Crippen LogP contribution in [0.25, 0.3) is 0 Å². The van der Waals surface area contributed by atoms with Gasteiger partial charge in [0, 0.05) is 18.0 Å². The van der Waals surface area contributed by atoms with E-state index in [2.05, 4.69) is 38.2 Å². The number of carbonyl (C=O) groups excluding carboxylic acids is 1. The molecule has 0 aromatic heterocycles. The Morgan fingerprint density at radius 1 is 1.44 bits per heavy atom. The molecular formula is C14H29N3O. The minimum atomic E-state index is 0.107. The normalized spacial score (nSPS) is 30.2. The highest BCUT2D eigenvalue weighted by molar-refractivity contribution is 5.79. The molecule has 0 aromatic rings. The summed E-state index contributed by atoms with van der Waals surface area (Å²) in [5.41, 5.74) is 5.97. The van der Waals surface area contributed by atoms with Crippen LogP contribution in [0.3, 0.4) is 0 Å². The number of nitrogens with zero attached hydrogens (tertiary/aromatic N) is 1. The van der Waals surface area contributed by atoms with Gasteiger partial charge in [0.05, 0.1) is 0 Å². The highest BCUT2D eigenvalue weighted by Gasteiger charge is 2.31. The van der Waals surface area contributed by atoms with Gasteiger partial charge in [-0.2, -0.15) is 0 Å². The number of amides is 1. The van der Waals surface area contributed by atoms with E-state index in [9.17, 15) is 4.79 Å². The van der Waals surface area contributed by atoms with Gasteiger partial charge >= 0.3 is 0 Å². The van der Waals surface area contributed by atoms with E-state index in [0.717, 1.165) is 32.2 Å². The Balaban J connectivity index is 2.38. The largest absolute Gasteiger partial charge is 0.353 e. The molecule has 0 aliphatic heterocycles. The summed E-state index contributed by atoms with van der Waals surface area (Å²) in [4.78, 5) is 14.4. The fourth-order valence-corrected chi connectivity index (χ4v) is 2.59. The summed E-state index contributed by atoms with van der Waals surface area (Å²) in [6, 6.07) is 0.444. The summed E-state index contributed by atoms with van der Waals surface area (Å²) in [6.07, 6.45) is 3.96. The Labute approximate surface area is 111 Å². The zero-order valence-corrected chi connectivity index (χ0v) is 12.3. The van der Waals surface area contributed by atoms with E-state index in [-0.39, 0.29) is 23.9 Å². The molecule has 0 aromatic carbocycles. The van der Waals surface area contributed by atoms with E-state index in [1.165, 1.54) is 0 Å². The highest BCUT2D eigenvalue weighted by Crippen LogP contribution is 2.29. The Kier molecular flexibility index (Phi) is 6.09. The SMILES string of the molecule is CC(CCN(C)C)NC(=O)C1CC(N)CCC1C. The van der Waals surface area contributed by atoms with E-state index < -0.39 is 0 Å². The number of rotatable bonds is 5. The lowest BCUT2D eigenvalue weighted by Crippen LogP contribution is -2.44. The molecule has 3 N–H and O–H groups in total. The van der Waals surface area contributed by atoms with Crippen LogP contribution in [0.1, 0.15) is 39.5 Å². The number of carbonyl (C=O) groups is 1. The van der Waals surface area contributed by atoms with E-state index in [1.807, 2.05) is 0 Å². The summed E-state index contributed by atoms with van der Waals surface area (Å²) in [7, 11) is 4.10. The third-order valence-corrected chi connectivity index (χ3v) is 3.97. The van der Waals surface area contributed by atoms with Crippen molar-refractivity contribution in [3.05, 3.63) is 0 Å². The first kappa shape index (κ1) is 15.4. The molecule has 0 bridgehead atoms. The maximum Gasteiger partial charge on any atom is 0.223 e. The van der Waals surface area contributed by atoms with Crippen LogP contribution < -0.4 is 11.1 Å². The molecule has 0 spiro atoms. The quantitative estimate of drug-likeness (QED) is 0.776. The molecule has 0 heterocycles. The minimum absolute atomic E-state index is 0.107. The molecule has 1 saturated carbocycles. The third kappa shape index (κ3) is 4.94. The molecule has 1 amide bonds. The molecule has 106 valence electrons. The van der Waals surface area contributed by atoms with Crippen LogP contribution in [-0.2, 0) is 4.79 Å². The van der Waals surface area contributed by atoms with Gasteiger partial charge in [-0.1, -0.05) is 6.92 Å². The molecule has 1 aliphatic carbocycles. The molecule has 1 rings (SSSR count). The van der Waals surface area contributed by atoms with E-state index in [0.29, 0.717) is 5.92 Å². The van der Waals surface area contributed by atoms with Crippen molar-refractivity contribution in [3.63, 3.8) is 0 Å². The molecule has 4 heteroatoms. The summed E-state index contributed by atoms with van der Waals surface area (Å²) in [5.74, 6) is 0.769. The Hall–Kier alpha value is -0.610. The van der Waals surface area contributed by atoms with E-state index >= 15 is 0 Å². The van der Waals surface area contributed by atoms with Crippen molar-refractivity contribution in [2.24, 2.45) is 17.6 Å². The predicted molar refractivity (Wildman–Crippen MR) is 75.3 cm³/mol. The molecule has 0 saturated heterocycles. The van der Waals surface area contributed by atoms with Crippen LogP contribution in [0.4, 0.5) is 0 Å².